The molecule has 1 heterocycles. The Morgan fingerprint density at radius 2 is 1.82 bits per heavy atom. The Kier molecular flexibility index (Phi) is 5.73. The van der Waals surface area contributed by atoms with Crippen molar-refractivity contribution in [3.05, 3.63) is 65.9 Å². The smallest absolute Gasteiger partial charge is 0.307 e. The second-order valence-corrected chi connectivity index (χ2v) is 7.55. The number of hydrogen-bond donors (Lipinski definition) is 3. The molecule has 0 saturated carbocycles. The molecule has 0 aliphatic rings. The minimum Gasteiger partial charge on any atom is -0.451 e. The predicted molar refractivity (Wildman–Crippen MR) is 107 cm³/mol. The number of amides is 2. The maximum atomic E-state index is 12.5. The first-order valence-corrected chi connectivity index (χ1v) is 9.24. The molecule has 28 heavy (non-hydrogen) atoms. The first-order valence-electron chi connectivity index (χ1n) is 8.42. The van der Waals surface area contributed by atoms with Crippen molar-refractivity contribution in [2.75, 3.05) is 0 Å². The van der Waals surface area contributed by atoms with Crippen LogP contribution in [0.2, 0.25) is 0 Å². The summed E-state index contributed by atoms with van der Waals surface area (Å²) in [5, 5.41) is 11.7. The van der Waals surface area contributed by atoms with E-state index in [-0.39, 0.29) is 11.7 Å². The Balaban J connectivity index is 1.68. The maximum absolute atomic E-state index is 12.5. The molecule has 7 heteroatoms. The molecular weight excluding hydrogens is 376 g/mol. The zero-order valence-electron chi connectivity index (χ0n) is 15.3. The first-order chi connectivity index (χ1) is 13.4. The van der Waals surface area contributed by atoms with Crippen molar-refractivity contribution < 1.29 is 19.2 Å². The molecule has 142 valence electrons. The third-order valence-electron chi connectivity index (χ3n) is 3.75. The Morgan fingerprint density at radius 3 is 2.50 bits per heavy atom. The molecular formula is C21H18N2O4S. The molecule has 3 N–H and O–H groups in total. The lowest BCUT2D eigenvalue weighted by Gasteiger charge is -2.18. The van der Waals surface area contributed by atoms with Gasteiger partial charge in [-0.05, 0) is 62.0 Å². The van der Waals surface area contributed by atoms with Gasteiger partial charge in [0.25, 0.3) is 5.91 Å². The number of hydrogen-bond acceptors (Lipinski definition) is 5. The van der Waals surface area contributed by atoms with Crippen LogP contribution in [0.3, 0.4) is 0 Å². The van der Waals surface area contributed by atoms with Gasteiger partial charge in [-0.15, -0.1) is 0 Å². The van der Waals surface area contributed by atoms with Crippen LogP contribution in [0, 0.1) is 11.8 Å². The van der Waals surface area contributed by atoms with Crippen molar-refractivity contribution in [3.8, 4) is 11.8 Å². The summed E-state index contributed by atoms with van der Waals surface area (Å²) in [5.74, 6) is 5.94. The van der Waals surface area contributed by atoms with Gasteiger partial charge < -0.3 is 9.73 Å². The SMILES string of the molecule is CC(C)(C#Cc1ccc(SC(=O)NO)cc1)NC(=O)c1cc2ccccc2o1. The van der Waals surface area contributed by atoms with Crippen LogP contribution in [0.25, 0.3) is 11.0 Å². The highest BCUT2D eigenvalue weighted by molar-refractivity contribution is 8.13. The molecule has 2 amide bonds. The second-order valence-electron chi connectivity index (χ2n) is 6.50. The van der Waals surface area contributed by atoms with Crippen LogP contribution >= 0.6 is 11.8 Å². The van der Waals surface area contributed by atoms with Gasteiger partial charge in [0.1, 0.15) is 5.58 Å². The minimum absolute atomic E-state index is 0.236. The molecule has 0 aliphatic carbocycles. The number of benzene rings is 2. The molecule has 1 aromatic heterocycles. The van der Waals surface area contributed by atoms with Crippen molar-refractivity contribution >= 4 is 33.9 Å². The molecule has 2 aromatic carbocycles. The van der Waals surface area contributed by atoms with Crippen LogP contribution in [-0.2, 0) is 0 Å². The van der Waals surface area contributed by atoms with Crippen LogP contribution in [0.1, 0.15) is 30.0 Å². The summed E-state index contributed by atoms with van der Waals surface area (Å²) in [4.78, 5) is 24.3. The predicted octanol–water partition coefficient (Wildman–Crippen LogP) is 4.18. The van der Waals surface area contributed by atoms with E-state index in [1.54, 1.807) is 49.7 Å². The van der Waals surface area contributed by atoms with E-state index in [1.807, 2.05) is 24.3 Å². The first kappa shape index (κ1) is 19.5. The average molecular weight is 394 g/mol. The summed E-state index contributed by atoms with van der Waals surface area (Å²) >= 11 is 0.868. The minimum atomic E-state index is -0.778. The van der Waals surface area contributed by atoms with Crippen LogP contribution in [0.15, 0.2) is 63.9 Å². The van der Waals surface area contributed by atoms with Gasteiger partial charge in [0, 0.05) is 15.8 Å². The Morgan fingerprint density at radius 1 is 1.11 bits per heavy atom. The average Bonchev–Trinajstić information content (AvgIpc) is 3.11. The third kappa shape index (κ3) is 4.94. The lowest BCUT2D eigenvalue weighted by Crippen LogP contribution is -2.42. The largest absolute Gasteiger partial charge is 0.451 e. The Labute approximate surface area is 166 Å². The van der Waals surface area contributed by atoms with E-state index >= 15 is 0 Å². The number of carbonyl (C=O) groups is 2. The number of rotatable bonds is 3. The summed E-state index contributed by atoms with van der Waals surface area (Å²) in [6.45, 7) is 3.60. The highest BCUT2D eigenvalue weighted by Crippen LogP contribution is 2.20. The number of thioether (sulfide) groups is 1. The van der Waals surface area contributed by atoms with Crippen molar-refractivity contribution in [3.63, 3.8) is 0 Å². The van der Waals surface area contributed by atoms with E-state index in [0.29, 0.717) is 10.5 Å². The lowest BCUT2D eigenvalue weighted by molar-refractivity contribution is 0.0904. The quantitative estimate of drug-likeness (QED) is 0.268. The summed E-state index contributed by atoms with van der Waals surface area (Å²) in [6.07, 6.45) is 0. The van der Waals surface area contributed by atoms with Gasteiger partial charge >= 0.3 is 5.24 Å². The summed E-state index contributed by atoms with van der Waals surface area (Å²) < 4.78 is 5.58. The lowest BCUT2D eigenvalue weighted by atomic mass is 10.1. The molecule has 0 spiro atoms. The highest BCUT2D eigenvalue weighted by Gasteiger charge is 2.21. The normalized spacial score (nSPS) is 10.8. The fourth-order valence-electron chi connectivity index (χ4n) is 2.44. The molecule has 0 unspecified atom stereocenters. The van der Waals surface area contributed by atoms with E-state index in [0.717, 1.165) is 22.7 Å². The molecule has 6 nitrogen and oxygen atoms in total. The van der Waals surface area contributed by atoms with E-state index in [1.165, 1.54) is 0 Å². The number of fused-ring (bicyclic) bond motifs is 1. The molecule has 0 aliphatic heterocycles. The van der Waals surface area contributed by atoms with Crippen LogP contribution in [-0.4, -0.2) is 21.9 Å². The monoisotopic (exact) mass is 394 g/mol. The van der Waals surface area contributed by atoms with E-state index in [4.69, 9.17) is 9.62 Å². The molecule has 0 fully saturated rings. The van der Waals surface area contributed by atoms with Crippen LogP contribution < -0.4 is 10.8 Å². The number of hydroxylamine groups is 1. The Bertz CT molecular complexity index is 1040. The van der Waals surface area contributed by atoms with Gasteiger partial charge in [-0.1, -0.05) is 30.0 Å². The zero-order chi connectivity index (χ0) is 20.1. The molecule has 0 atom stereocenters. The number of furan rings is 1. The van der Waals surface area contributed by atoms with Gasteiger partial charge in [-0.2, -0.15) is 0 Å². The molecule has 0 bridgehead atoms. The molecule has 3 rings (SSSR count). The summed E-state index contributed by atoms with van der Waals surface area (Å²) in [7, 11) is 0. The van der Waals surface area contributed by atoms with E-state index < -0.39 is 10.8 Å². The fourth-order valence-corrected chi connectivity index (χ4v) is 2.97. The van der Waals surface area contributed by atoms with Gasteiger partial charge in [0.05, 0.1) is 5.54 Å². The second kappa shape index (κ2) is 8.21. The standard InChI is InChI=1S/C21H18N2O4S/c1-21(2,12-11-14-7-9-16(10-8-14)28-20(25)23-26)22-19(24)18-13-15-5-3-4-6-17(15)27-18/h3-10,13,26H,1-2H3,(H,22,24)(H,23,25). The maximum Gasteiger partial charge on any atom is 0.307 e. The third-order valence-corrected chi connectivity index (χ3v) is 4.54. The van der Waals surface area contributed by atoms with Gasteiger partial charge in [0.2, 0.25) is 0 Å². The van der Waals surface area contributed by atoms with Gasteiger partial charge in [0.15, 0.2) is 5.76 Å². The highest BCUT2D eigenvalue weighted by atomic mass is 32.2. The molecule has 0 saturated heterocycles. The van der Waals surface area contributed by atoms with Crippen molar-refractivity contribution in [1.29, 1.82) is 0 Å². The Hall–Kier alpha value is -3.21. The van der Waals surface area contributed by atoms with Crippen LogP contribution in [0.4, 0.5) is 4.79 Å². The molecule has 0 radical (unpaired) electrons. The number of nitrogens with one attached hydrogen (secondary N) is 2. The summed E-state index contributed by atoms with van der Waals surface area (Å²) in [5.41, 5.74) is 2.18. The number of carbonyl (C=O) groups excluding carboxylic acids is 2. The summed E-state index contributed by atoms with van der Waals surface area (Å²) in [6, 6.07) is 16.1. The van der Waals surface area contributed by atoms with Gasteiger partial charge in [-0.3, -0.25) is 14.8 Å². The van der Waals surface area contributed by atoms with E-state index in [9.17, 15) is 9.59 Å². The van der Waals surface area contributed by atoms with Crippen LogP contribution in [0.5, 0.6) is 0 Å². The van der Waals surface area contributed by atoms with Crippen molar-refractivity contribution in [2.45, 2.75) is 24.3 Å². The van der Waals surface area contributed by atoms with E-state index in [2.05, 4.69) is 17.2 Å². The van der Waals surface area contributed by atoms with Gasteiger partial charge in [-0.25, -0.2) is 5.48 Å². The number of para-hydroxylation sites is 1. The zero-order valence-corrected chi connectivity index (χ0v) is 16.1. The van der Waals surface area contributed by atoms with Crippen molar-refractivity contribution in [1.82, 2.24) is 10.8 Å². The molecule has 3 aromatic rings. The topological polar surface area (TPSA) is 91.6 Å². The van der Waals surface area contributed by atoms with Crippen molar-refractivity contribution in [2.24, 2.45) is 0 Å². The fraction of sp³-hybridized carbons (Fsp3) is 0.143.